The Morgan fingerprint density at radius 1 is 0.455 bits per heavy atom. The summed E-state index contributed by atoms with van der Waals surface area (Å²) in [5.41, 5.74) is 19.6. The van der Waals surface area contributed by atoms with Crippen LogP contribution in [0, 0.1) is 5.92 Å². The fraction of sp³-hybridized carbons (Fsp3) is 0.0794. The summed E-state index contributed by atoms with van der Waals surface area (Å²) in [6.45, 7) is 2.38. The number of nitrogens with zero attached hydrogens (tertiary/aromatic N) is 3. The second-order valence-corrected chi connectivity index (χ2v) is 17.8. The van der Waals surface area contributed by atoms with Crippen molar-refractivity contribution < 1.29 is 0 Å². The highest BCUT2D eigenvalue weighted by molar-refractivity contribution is 6.13. The highest BCUT2D eigenvalue weighted by atomic mass is 15.3. The van der Waals surface area contributed by atoms with Gasteiger partial charge in [0.1, 0.15) is 5.84 Å². The van der Waals surface area contributed by atoms with Gasteiger partial charge in [0.25, 0.3) is 0 Å². The molecule has 2 aliphatic carbocycles. The maximum atomic E-state index is 5.41. The molecule has 314 valence electrons. The molecule has 3 aliphatic rings. The second-order valence-electron chi connectivity index (χ2n) is 17.8. The lowest BCUT2D eigenvalue weighted by molar-refractivity contribution is 0.383. The molecule has 0 amide bonds. The van der Waals surface area contributed by atoms with Crippen LogP contribution in [0.4, 0.5) is 0 Å². The molecule has 0 spiro atoms. The summed E-state index contributed by atoms with van der Waals surface area (Å²) in [7, 11) is 2.11. The summed E-state index contributed by atoms with van der Waals surface area (Å²) < 4.78 is 0. The Hall–Kier alpha value is -8.14. The fourth-order valence-electron chi connectivity index (χ4n) is 10.6. The van der Waals surface area contributed by atoms with E-state index in [9.17, 15) is 0 Å². The van der Waals surface area contributed by atoms with E-state index in [1.165, 1.54) is 72.0 Å². The smallest absolute Gasteiger partial charge is 0.159 e. The topological polar surface area (TPSA) is 28.0 Å². The average molecular weight is 846 g/mol. The minimum absolute atomic E-state index is 0.303. The van der Waals surface area contributed by atoms with Crippen molar-refractivity contribution >= 4 is 33.6 Å². The third-order valence-electron chi connectivity index (χ3n) is 13.8. The van der Waals surface area contributed by atoms with Crippen molar-refractivity contribution in [1.82, 2.24) is 4.90 Å². The third-order valence-corrected chi connectivity index (χ3v) is 13.8. The van der Waals surface area contributed by atoms with Gasteiger partial charge >= 0.3 is 0 Å². The summed E-state index contributed by atoms with van der Waals surface area (Å²) in [4.78, 5) is 12.9. The van der Waals surface area contributed by atoms with Gasteiger partial charge in [0.2, 0.25) is 0 Å². The number of fused-ring (bicyclic) bond motifs is 7. The van der Waals surface area contributed by atoms with Crippen molar-refractivity contribution in [3.05, 3.63) is 264 Å². The maximum Gasteiger partial charge on any atom is 0.159 e. The van der Waals surface area contributed by atoms with Gasteiger partial charge in [-0.3, -0.25) is 0 Å². The normalized spacial score (nSPS) is 17.4. The fourth-order valence-corrected chi connectivity index (χ4v) is 10.6. The molecule has 1 aliphatic heterocycles. The number of hydrogen-bond donors (Lipinski definition) is 0. The lowest BCUT2D eigenvalue weighted by atomic mass is 9.67. The van der Waals surface area contributed by atoms with E-state index < -0.39 is 0 Å². The van der Waals surface area contributed by atoms with E-state index in [-0.39, 0.29) is 6.17 Å². The SMILES string of the molecule is CC1C=C(c2cccc(-c3c(-c4cccc(C5N=C(c6ccc(-c7ccccc7)cc6)N=C(c6ccccc6)N5C)c4)ccc4ccccc34)c2)C=C2c3ccccc3-c3ccccc3C21. The molecule has 0 saturated carbocycles. The summed E-state index contributed by atoms with van der Waals surface area (Å²) in [6, 6.07) is 79.0. The molecule has 3 nitrogen and oxygen atoms in total. The van der Waals surface area contributed by atoms with Gasteiger partial charge in [0, 0.05) is 24.1 Å². The van der Waals surface area contributed by atoms with Gasteiger partial charge in [0.15, 0.2) is 12.0 Å². The van der Waals surface area contributed by atoms with E-state index >= 15 is 0 Å². The summed E-state index contributed by atoms with van der Waals surface area (Å²) in [6.07, 6.45) is 4.65. The largest absolute Gasteiger partial charge is 0.333 e. The minimum atomic E-state index is -0.303. The van der Waals surface area contributed by atoms with Crippen LogP contribution in [0.2, 0.25) is 0 Å². The quantitative estimate of drug-likeness (QED) is 0.157. The third kappa shape index (κ3) is 6.92. The number of aliphatic imine (C=N–C) groups is 2. The van der Waals surface area contributed by atoms with E-state index in [0.29, 0.717) is 11.8 Å². The van der Waals surface area contributed by atoms with Crippen LogP contribution in [-0.4, -0.2) is 23.6 Å². The Balaban J connectivity index is 0.948. The number of rotatable bonds is 7. The van der Waals surface area contributed by atoms with Crippen molar-refractivity contribution in [3.8, 4) is 44.5 Å². The zero-order valence-electron chi connectivity index (χ0n) is 37.0. The van der Waals surface area contributed by atoms with Crippen molar-refractivity contribution in [1.29, 1.82) is 0 Å². The van der Waals surface area contributed by atoms with Crippen molar-refractivity contribution in [3.63, 3.8) is 0 Å². The van der Waals surface area contributed by atoms with Crippen molar-refractivity contribution in [2.45, 2.75) is 19.0 Å². The Morgan fingerprint density at radius 3 is 1.89 bits per heavy atom. The molecular weight excluding hydrogens is 799 g/mol. The molecule has 9 aromatic carbocycles. The van der Waals surface area contributed by atoms with Crippen LogP contribution in [0.1, 0.15) is 52.4 Å². The average Bonchev–Trinajstić information content (AvgIpc) is 3.39. The highest BCUT2D eigenvalue weighted by Crippen LogP contribution is 2.53. The molecule has 0 radical (unpaired) electrons. The monoisotopic (exact) mass is 845 g/mol. The molecule has 3 atom stereocenters. The standard InChI is InChI=1S/C63H47N3/c1-41-37-51(40-58-56-29-12-11-27-54(56)55-28-13-14-30-57(55)59(41)58)47-22-15-24-49(38-47)60-52-26-10-9-19-44(52)35-36-53(60)48-23-16-25-50(39-48)63-65-61(64-62(66(63)2)46-20-7-4-8-21-46)45-33-31-43(32-34-45)42-17-5-3-6-18-42/h3-41,59,63H,1-2H3. The molecule has 0 aromatic heterocycles. The number of amidine groups is 2. The number of hydrogen-bond acceptors (Lipinski definition) is 3. The number of benzene rings is 9. The Labute approximate surface area is 387 Å². The van der Waals surface area contributed by atoms with Crippen LogP contribution in [0.5, 0.6) is 0 Å². The molecule has 0 saturated heterocycles. The lowest BCUT2D eigenvalue weighted by Crippen LogP contribution is -2.35. The van der Waals surface area contributed by atoms with Gasteiger partial charge < -0.3 is 4.90 Å². The first-order valence-electron chi connectivity index (χ1n) is 23.0. The molecule has 0 bridgehead atoms. The highest BCUT2D eigenvalue weighted by Gasteiger charge is 2.34. The summed E-state index contributed by atoms with van der Waals surface area (Å²) >= 11 is 0. The first kappa shape index (κ1) is 39.5. The van der Waals surface area contributed by atoms with Crippen LogP contribution < -0.4 is 0 Å². The molecule has 12 rings (SSSR count). The van der Waals surface area contributed by atoms with Gasteiger partial charge in [-0.15, -0.1) is 0 Å². The van der Waals surface area contributed by atoms with E-state index in [0.717, 1.165) is 39.5 Å². The first-order chi connectivity index (χ1) is 32.6. The molecule has 0 N–H and O–H groups in total. The minimum Gasteiger partial charge on any atom is -0.333 e. The molecule has 3 unspecified atom stereocenters. The van der Waals surface area contributed by atoms with Crippen LogP contribution in [-0.2, 0) is 0 Å². The Morgan fingerprint density at radius 2 is 1.08 bits per heavy atom. The lowest BCUT2D eigenvalue weighted by Gasteiger charge is -2.36. The van der Waals surface area contributed by atoms with E-state index in [2.05, 4.69) is 249 Å². The Kier molecular flexibility index (Phi) is 9.83. The predicted molar refractivity (Wildman–Crippen MR) is 276 cm³/mol. The predicted octanol–water partition coefficient (Wildman–Crippen LogP) is 15.6. The molecule has 3 heteroatoms. The molecule has 1 heterocycles. The van der Waals surface area contributed by atoms with E-state index in [1.54, 1.807) is 0 Å². The second kappa shape index (κ2) is 16.4. The molecule has 9 aromatic rings. The zero-order valence-corrected chi connectivity index (χ0v) is 37.0. The van der Waals surface area contributed by atoms with Gasteiger partial charge in [-0.05, 0) is 107 Å². The maximum absolute atomic E-state index is 5.41. The van der Waals surface area contributed by atoms with Crippen molar-refractivity contribution in [2.24, 2.45) is 15.9 Å². The number of allylic oxidation sites excluding steroid dienone is 4. The summed E-state index contributed by atoms with van der Waals surface area (Å²) in [5, 5.41) is 2.45. The Bertz CT molecular complexity index is 3450. The summed E-state index contributed by atoms with van der Waals surface area (Å²) in [5.74, 6) is 2.26. The zero-order chi connectivity index (χ0) is 44.1. The van der Waals surface area contributed by atoms with Gasteiger partial charge in [-0.2, -0.15) is 0 Å². The van der Waals surface area contributed by atoms with Crippen LogP contribution in [0.3, 0.4) is 0 Å². The molecule has 0 fully saturated rings. The van der Waals surface area contributed by atoms with Gasteiger partial charge in [-0.1, -0.05) is 225 Å². The van der Waals surface area contributed by atoms with E-state index in [1.807, 2.05) is 0 Å². The molecular formula is C63H47N3. The first-order valence-corrected chi connectivity index (χ1v) is 23.0. The van der Waals surface area contributed by atoms with Crippen LogP contribution in [0.25, 0.3) is 66.4 Å². The van der Waals surface area contributed by atoms with Crippen LogP contribution in [0.15, 0.2) is 241 Å². The van der Waals surface area contributed by atoms with Crippen LogP contribution >= 0.6 is 0 Å². The van der Waals surface area contributed by atoms with Gasteiger partial charge in [-0.25, -0.2) is 9.98 Å². The van der Waals surface area contributed by atoms with Crippen molar-refractivity contribution in [2.75, 3.05) is 7.05 Å². The van der Waals surface area contributed by atoms with Gasteiger partial charge in [0.05, 0.1) is 0 Å². The molecule has 66 heavy (non-hydrogen) atoms. The van der Waals surface area contributed by atoms with E-state index in [4.69, 9.17) is 9.98 Å².